The molecule has 1 heterocycles. The molecule has 7 nitrogen and oxygen atoms in total. The van der Waals surface area contributed by atoms with E-state index < -0.39 is 5.60 Å². The number of ether oxygens (including phenoxy) is 3. The normalized spacial score (nSPS) is 15.3. The average Bonchev–Trinajstić information content (AvgIpc) is 2.85. The summed E-state index contributed by atoms with van der Waals surface area (Å²) in [6.07, 6.45) is 0.362. The zero-order chi connectivity index (χ0) is 19.3. The minimum atomic E-state index is -0.532. The van der Waals surface area contributed by atoms with Gasteiger partial charge < -0.3 is 24.0 Å². The first-order valence-corrected chi connectivity index (χ1v) is 8.74. The average molecular weight is 364 g/mol. The van der Waals surface area contributed by atoms with E-state index in [1.54, 1.807) is 42.2 Å². The van der Waals surface area contributed by atoms with Gasteiger partial charge in [-0.3, -0.25) is 4.79 Å². The molecule has 1 fully saturated rings. The van der Waals surface area contributed by atoms with Crippen LogP contribution in [0, 0.1) is 0 Å². The maximum Gasteiger partial charge on any atom is 0.410 e. The Balaban J connectivity index is 2.07. The minimum Gasteiger partial charge on any atom is -0.497 e. The van der Waals surface area contributed by atoms with E-state index >= 15 is 0 Å². The van der Waals surface area contributed by atoms with Crippen LogP contribution in [0.1, 0.15) is 37.6 Å². The summed E-state index contributed by atoms with van der Waals surface area (Å²) in [6, 6.07) is 5.12. The van der Waals surface area contributed by atoms with E-state index in [4.69, 9.17) is 14.2 Å². The summed E-state index contributed by atoms with van der Waals surface area (Å²) in [4.78, 5) is 28.5. The van der Waals surface area contributed by atoms with Crippen LogP contribution < -0.4 is 9.47 Å². The monoisotopic (exact) mass is 364 g/mol. The number of rotatable bonds is 3. The highest BCUT2D eigenvalue weighted by Crippen LogP contribution is 2.24. The largest absolute Gasteiger partial charge is 0.497 e. The van der Waals surface area contributed by atoms with Crippen molar-refractivity contribution in [2.45, 2.75) is 32.8 Å². The second kappa shape index (κ2) is 8.29. The lowest BCUT2D eigenvalue weighted by Crippen LogP contribution is -2.40. The van der Waals surface area contributed by atoms with Crippen molar-refractivity contribution in [1.82, 2.24) is 9.80 Å². The lowest BCUT2D eigenvalue weighted by Gasteiger charge is -2.26. The summed E-state index contributed by atoms with van der Waals surface area (Å²) in [5.74, 6) is 1.03. The second-order valence-electron chi connectivity index (χ2n) is 7.21. The molecule has 0 aromatic heterocycles. The van der Waals surface area contributed by atoms with Gasteiger partial charge in [-0.2, -0.15) is 0 Å². The third-order valence-corrected chi connectivity index (χ3v) is 4.03. The van der Waals surface area contributed by atoms with Crippen LogP contribution in [0.4, 0.5) is 4.79 Å². The van der Waals surface area contributed by atoms with Gasteiger partial charge in [0.15, 0.2) is 0 Å². The number of carbonyl (C=O) groups is 2. The third-order valence-electron chi connectivity index (χ3n) is 4.03. The summed E-state index contributed by atoms with van der Waals surface area (Å²) in [5.41, 5.74) is -0.0253. The fourth-order valence-corrected chi connectivity index (χ4v) is 2.74. The van der Waals surface area contributed by atoms with Crippen molar-refractivity contribution in [3.63, 3.8) is 0 Å². The van der Waals surface area contributed by atoms with E-state index in [0.717, 1.165) is 0 Å². The number of methoxy groups -OCH3 is 2. The van der Waals surface area contributed by atoms with Crippen molar-refractivity contribution in [2.24, 2.45) is 0 Å². The summed E-state index contributed by atoms with van der Waals surface area (Å²) >= 11 is 0. The first-order chi connectivity index (χ1) is 12.2. The Bertz CT molecular complexity index is 632. The molecule has 0 saturated carbocycles. The van der Waals surface area contributed by atoms with Crippen molar-refractivity contribution in [2.75, 3.05) is 40.4 Å². The van der Waals surface area contributed by atoms with Crippen LogP contribution in [0.3, 0.4) is 0 Å². The molecular weight excluding hydrogens is 336 g/mol. The molecule has 1 aliphatic rings. The zero-order valence-electron chi connectivity index (χ0n) is 16.2. The van der Waals surface area contributed by atoms with E-state index in [2.05, 4.69) is 0 Å². The molecule has 0 bridgehead atoms. The van der Waals surface area contributed by atoms with Gasteiger partial charge in [0.1, 0.15) is 17.1 Å². The second-order valence-corrected chi connectivity index (χ2v) is 7.21. The number of carbonyl (C=O) groups excluding carboxylic acids is 2. The number of hydrogen-bond acceptors (Lipinski definition) is 5. The molecule has 2 amide bonds. The van der Waals surface area contributed by atoms with Crippen LogP contribution in [0.25, 0.3) is 0 Å². The van der Waals surface area contributed by atoms with Gasteiger partial charge in [0.2, 0.25) is 0 Å². The topological polar surface area (TPSA) is 68.3 Å². The van der Waals surface area contributed by atoms with Crippen molar-refractivity contribution in [3.05, 3.63) is 23.8 Å². The molecule has 1 aromatic rings. The number of amides is 2. The van der Waals surface area contributed by atoms with Crippen molar-refractivity contribution in [1.29, 1.82) is 0 Å². The molecule has 26 heavy (non-hydrogen) atoms. The van der Waals surface area contributed by atoms with Crippen LogP contribution in [-0.2, 0) is 4.74 Å². The smallest absolute Gasteiger partial charge is 0.410 e. The van der Waals surface area contributed by atoms with Gasteiger partial charge >= 0.3 is 6.09 Å². The van der Waals surface area contributed by atoms with Crippen molar-refractivity contribution >= 4 is 12.0 Å². The van der Waals surface area contributed by atoms with Crippen LogP contribution in [0.5, 0.6) is 11.5 Å². The molecular formula is C19H28N2O5. The molecule has 0 atom stereocenters. The Morgan fingerprint density at radius 1 is 0.885 bits per heavy atom. The third kappa shape index (κ3) is 5.28. The molecule has 0 spiro atoms. The highest BCUT2D eigenvalue weighted by atomic mass is 16.6. The molecule has 144 valence electrons. The minimum absolute atomic E-state index is 0.103. The number of nitrogens with zero attached hydrogens (tertiary/aromatic N) is 2. The maximum atomic E-state index is 12.9. The van der Waals surface area contributed by atoms with Crippen molar-refractivity contribution < 1.29 is 23.8 Å². The van der Waals surface area contributed by atoms with Gasteiger partial charge in [0, 0.05) is 37.8 Å². The number of benzene rings is 1. The summed E-state index contributed by atoms with van der Waals surface area (Å²) in [5, 5.41) is 0. The van der Waals surface area contributed by atoms with Crippen LogP contribution in [-0.4, -0.2) is 67.8 Å². The van der Waals surface area contributed by atoms with Gasteiger partial charge in [-0.25, -0.2) is 4.79 Å². The van der Waals surface area contributed by atoms with E-state index in [9.17, 15) is 9.59 Å². The van der Waals surface area contributed by atoms with E-state index in [-0.39, 0.29) is 12.0 Å². The standard InChI is InChI=1S/C19H28N2O5/c1-19(2,3)26-18(23)21-8-6-7-20(9-10-21)17(22)14-11-15(24-4)13-16(12-14)25-5/h11-13H,6-10H2,1-5H3. The highest BCUT2D eigenvalue weighted by molar-refractivity contribution is 5.95. The summed E-state index contributed by atoms with van der Waals surface area (Å²) in [7, 11) is 3.10. The summed E-state index contributed by atoms with van der Waals surface area (Å²) < 4.78 is 15.9. The fourth-order valence-electron chi connectivity index (χ4n) is 2.74. The highest BCUT2D eigenvalue weighted by Gasteiger charge is 2.26. The lowest BCUT2D eigenvalue weighted by molar-refractivity contribution is 0.0255. The Morgan fingerprint density at radius 3 is 1.96 bits per heavy atom. The van der Waals surface area contributed by atoms with Crippen LogP contribution in [0.15, 0.2) is 18.2 Å². The number of hydrogen-bond donors (Lipinski definition) is 0. The summed E-state index contributed by atoms with van der Waals surface area (Å²) in [6.45, 7) is 7.58. The van der Waals surface area contributed by atoms with Gasteiger partial charge in [-0.05, 0) is 39.3 Å². The first-order valence-electron chi connectivity index (χ1n) is 8.74. The SMILES string of the molecule is COc1cc(OC)cc(C(=O)N2CCCN(C(=O)OC(C)(C)C)CC2)c1. The molecule has 0 radical (unpaired) electrons. The van der Waals surface area contributed by atoms with Crippen LogP contribution in [0.2, 0.25) is 0 Å². The Kier molecular flexibility index (Phi) is 6.34. The molecule has 2 rings (SSSR count). The molecule has 1 aliphatic heterocycles. The molecule has 0 unspecified atom stereocenters. The van der Waals surface area contributed by atoms with Gasteiger partial charge in [0.25, 0.3) is 5.91 Å². The quantitative estimate of drug-likeness (QED) is 0.825. The van der Waals surface area contributed by atoms with Gasteiger partial charge in [0.05, 0.1) is 14.2 Å². The fraction of sp³-hybridized carbons (Fsp3) is 0.579. The first kappa shape index (κ1) is 19.9. The molecule has 1 saturated heterocycles. The van der Waals surface area contributed by atoms with Crippen molar-refractivity contribution in [3.8, 4) is 11.5 Å². The molecule has 0 N–H and O–H groups in total. The zero-order valence-corrected chi connectivity index (χ0v) is 16.2. The Labute approximate surface area is 154 Å². The predicted octanol–water partition coefficient (Wildman–Crippen LogP) is 2.79. The van der Waals surface area contributed by atoms with E-state index in [1.807, 2.05) is 20.8 Å². The van der Waals surface area contributed by atoms with Crippen LogP contribution >= 0.6 is 0 Å². The van der Waals surface area contributed by atoms with Gasteiger partial charge in [-0.1, -0.05) is 0 Å². The Hall–Kier alpha value is -2.44. The predicted molar refractivity (Wildman–Crippen MR) is 97.9 cm³/mol. The molecule has 0 aliphatic carbocycles. The van der Waals surface area contributed by atoms with E-state index in [1.165, 1.54) is 0 Å². The maximum absolute atomic E-state index is 12.9. The Morgan fingerprint density at radius 2 is 1.42 bits per heavy atom. The molecule has 1 aromatic carbocycles. The van der Waals surface area contributed by atoms with E-state index in [0.29, 0.717) is 49.7 Å². The lowest BCUT2D eigenvalue weighted by atomic mass is 10.1. The molecule has 7 heteroatoms. The van der Waals surface area contributed by atoms with Gasteiger partial charge in [-0.15, -0.1) is 0 Å².